The Hall–Kier alpha value is -2.12. The van der Waals surface area contributed by atoms with Gasteiger partial charge in [0.25, 0.3) is 5.69 Å². The highest BCUT2D eigenvalue weighted by Gasteiger charge is 2.41. The van der Waals surface area contributed by atoms with E-state index in [0.717, 1.165) is 7.05 Å². The third-order valence-corrected chi connectivity index (χ3v) is 2.19. The molecule has 18 heavy (non-hydrogen) atoms. The van der Waals surface area contributed by atoms with Crippen LogP contribution in [0, 0.1) is 10.1 Å². The zero-order chi connectivity index (χ0) is 13.9. The molecule has 0 N–H and O–H groups in total. The molecular formula is C10H9F3N2O3. The zero-order valence-electron chi connectivity index (χ0n) is 9.27. The van der Waals surface area contributed by atoms with Gasteiger partial charge in [-0.15, -0.1) is 0 Å². The lowest BCUT2D eigenvalue weighted by Gasteiger charge is -2.18. The fourth-order valence-electron chi connectivity index (χ4n) is 1.37. The van der Waals surface area contributed by atoms with Gasteiger partial charge in [-0.25, -0.2) is 0 Å². The summed E-state index contributed by atoms with van der Waals surface area (Å²) in [6.45, 7) is -0.477. The molecule has 0 spiro atoms. The first-order valence-electron chi connectivity index (χ1n) is 4.78. The number of hydrogen-bond donors (Lipinski definition) is 0. The second kappa shape index (κ2) is 5.03. The highest BCUT2D eigenvalue weighted by atomic mass is 19.4. The lowest BCUT2D eigenvalue weighted by molar-refractivity contribution is -0.385. The Kier molecular flexibility index (Phi) is 3.89. The van der Waals surface area contributed by atoms with Crippen LogP contribution in [0.25, 0.3) is 0 Å². The van der Waals surface area contributed by atoms with E-state index in [2.05, 4.69) is 0 Å². The van der Waals surface area contributed by atoms with Crippen LogP contribution in [0.5, 0.6) is 0 Å². The minimum Gasteiger partial charge on any atom is -0.333 e. The van der Waals surface area contributed by atoms with Gasteiger partial charge in [-0.1, -0.05) is 18.2 Å². The lowest BCUT2D eigenvalue weighted by atomic mass is 10.1. The van der Waals surface area contributed by atoms with E-state index in [-0.39, 0.29) is 11.3 Å². The Morgan fingerprint density at radius 3 is 2.44 bits per heavy atom. The number of nitro benzene ring substituents is 1. The number of alkyl halides is 3. The normalized spacial score (nSPS) is 11.1. The van der Waals surface area contributed by atoms with Crippen LogP contribution in [0.1, 0.15) is 5.56 Å². The summed E-state index contributed by atoms with van der Waals surface area (Å²) in [5, 5.41) is 10.6. The van der Waals surface area contributed by atoms with Crippen molar-refractivity contribution in [3.05, 3.63) is 39.9 Å². The Morgan fingerprint density at radius 1 is 1.39 bits per heavy atom. The Morgan fingerprint density at radius 2 is 1.94 bits per heavy atom. The maximum atomic E-state index is 12.1. The van der Waals surface area contributed by atoms with Crippen LogP contribution >= 0.6 is 0 Å². The molecule has 5 nitrogen and oxygen atoms in total. The average Bonchev–Trinajstić information content (AvgIpc) is 2.27. The van der Waals surface area contributed by atoms with Crippen LogP contribution in [0.4, 0.5) is 18.9 Å². The highest BCUT2D eigenvalue weighted by Crippen LogP contribution is 2.22. The molecule has 0 radical (unpaired) electrons. The first kappa shape index (κ1) is 13.9. The van der Waals surface area contributed by atoms with E-state index < -0.39 is 23.6 Å². The monoisotopic (exact) mass is 262 g/mol. The maximum absolute atomic E-state index is 12.1. The number of nitrogens with zero attached hydrogens (tertiary/aromatic N) is 2. The number of carbonyl (C=O) groups excluding carboxylic acids is 1. The smallest absolute Gasteiger partial charge is 0.333 e. The van der Waals surface area contributed by atoms with E-state index in [4.69, 9.17) is 0 Å². The van der Waals surface area contributed by atoms with Crippen LogP contribution in [0.2, 0.25) is 0 Å². The van der Waals surface area contributed by atoms with Crippen molar-refractivity contribution in [1.29, 1.82) is 0 Å². The van der Waals surface area contributed by atoms with Gasteiger partial charge < -0.3 is 4.90 Å². The Labute approximate surface area is 100.0 Å². The molecule has 0 aliphatic carbocycles. The molecule has 1 aromatic rings. The number of hydrogen-bond acceptors (Lipinski definition) is 3. The van der Waals surface area contributed by atoms with E-state index in [9.17, 15) is 28.1 Å². The summed E-state index contributed by atoms with van der Waals surface area (Å²) in [5.41, 5.74) is -0.276. The van der Waals surface area contributed by atoms with Crippen molar-refractivity contribution < 1.29 is 22.9 Å². The third kappa shape index (κ3) is 3.19. The highest BCUT2D eigenvalue weighted by molar-refractivity contribution is 5.81. The third-order valence-electron chi connectivity index (χ3n) is 2.19. The molecule has 0 aromatic heterocycles. The molecule has 0 aliphatic rings. The van der Waals surface area contributed by atoms with Crippen LogP contribution < -0.4 is 0 Å². The van der Waals surface area contributed by atoms with Gasteiger partial charge in [-0.3, -0.25) is 14.9 Å². The van der Waals surface area contributed by atoms with E-state index in [1.54, 1.807) is 0 Å². The van der Waals surface area contributed by atoms with Gasteiger partial charge in [0.15, 0.2) is 0 Å². The summed E-state index contributed by atoms with van der Waals surface area (Å²) < 4.78 is 36.4. The molecule has 1 amide bonds. The fraction of sp³-hybridized carbons (Fsp3) is 0.300. The zero-order valence-corrected chi connectivity index (χ0v) is 9.27. The van der Waals surface area contributed by atoms with Crippen molar-refractivity contribution in [2.45, 2.75) is 12.7 Å². The minimum absolute atomic E-state index is 0.0441. The van der Waals surface area contributed by atoms with Crippen LogP contribution in [0.15, 0.2) is 24.3 Å². The number of amides is 1. The van der Waals surface area contributed by atoms with Gasteiger partial charge >= 0.3 is 12.1 Å². The number of carbonyl (C=O) groups is 1. The van der Waals surface area contributed by atoms with E-state index >= 15 is 0 Å². The number of nitro groups is 1. The first-order valence-corrected chi connectivity index (χ1v) is 4.78. The lowest BCUT2D eigenvalue weighted by Crippen LogP contribution is -2.38. The summed E-state index contributed by atoms with van der Waals surface area (Å²) >= 11 is 0. The summed E-state index contributed by atoms with van der Waals surface area (Å²) in [7, 11) is 0.937. The molecule has 0 heterocycles. The molecule has 0 atom stereocenters. The molecule has 0 fully saturated rings. The van der Waals surface area contributed by atoms with Crippen LogP contribution in [-0.2, 0) is 11.3 Å². The average molecular weight is 262 g/mol. The number of halogens is 3. The molecule has 0 saturated carbocycles. The SMILES string of the molecule is CN(Cc1ccccc1[N+](=O)[O-])C(=O)C(F)(F)F. The largest absolute Gasteiger partial charge is 0.471 e. The Balaban J connectivity index is 2.92. The van der Waals surface area contributed by atoms with Gasteiger partial charge in [-0.05, 0) is 0 Å². The van der Waals surface area contributed by atoms with Crippen molar-refractivity contribution in [2.75, 3.05) is 7.05 Å². The topological polar surface area (TPSA) is 63.4 Å². The van der Waals surface area contributed by atoms with Gasteiger partial charge in [0.1, 0.15) is 0 Å². The number of benzene rings is 1. The molecule has 98 valence electrons. The van der Waals surface area contributed by atoms with Crippen molar-refractivity contribution in [3.8, 4) is 0 Å². The predicted octanol–water partition coefficient (Wildman–Crippen LogP) is 2.12. The van der Waals surface area contributed by atoms with Crippen molar-refractivity contribution >= 4 is 11.6 Å². The molecule has 0 unspecified atom stereocenters. The predicted molar refractivity (Wildman–Crippen MR) is 55.6 cm³/mol. The van der Waals surface area contributed by atoms with Gasteiger partial charge in [0.05, 0.1) is 11.5 Å². The van der Waals surface area contributed by atoms with Crippen LogP contribution in [0.3, 0.4) is 0 Å². The summed E-state index contributed by atoms with van der Waals surface area (Å²) in [5.74, 6) is -2.04. The van der Waals surface area contributed by atoms with Gasteiger partial charge in [-0.2, -0.15) is 13.2 Å². The summed E-state index contributed by atoms with van der Waals surface area (Å²) in [4.78, 5) is 21.2. The van der Waals surface area contributed by atoms with Gasteiger partial charge in [0.2, 0.25) is 0 Å². The molecule has 1 aromatic carbocycles. The molecule has 0 bridgehead atoms. The minimum atomic E-state index is -4.99. The maximum Gasteiger partial charge on any atom is 0.471 e. The van der Waals surface area contributed by atoms with E-state index in [1.165, 1.54) is 24.3 Å². The number of para-hydroxylation sites is 1. The fourth-order valence-corrected chi connectivity index (χ4v) is 1.37. The van der Waals surface area contributed by atoms with Gasteiger partial charge in [0, 0.05) is 18.7 Å². The summed E-state index contributed by atoms with van der Waals surface area (Å²) in [6, 6.07) is 5.32. The van der Waals surface area contributed by atoms with Crippen molar-refractivity contribution in [3.63, 3.8) is 0 Å². The van der Waals surface area contributed by atoms with Crippen LogP contribution in [-0.4, -0.2) is 29.0 Å². The number of rotatable bonds is 3. The Bertz CT molecular complexity index is 474. The van der Waals surface area contributed by atoms with E-state index in [0.29, 0.717) is 4.90 Å². The second-order valence-corrected chi connectivity index (χ2v) is 3.54. The molecular weight excluding hydrogens is 253 g/mol. The first-order chi connectivity index (χ1) is 8.23. The molecule has 0 aliphatic heterocycles. The van der Waals surface area contributed by atoms with Crippen molar-refractivity contribution in [2.24, 2.45) is 0 Å². The quantitative estimate of drug-likeness (QED) is 0.619. The summed E-state index contributed by atoms with van der Waals surface area (Å²) in [6.07, 6.45) is -4.99. The second-order valence-electron chi connectivity index (χ2n) is 3.54. The van der Waals surface area contributed by atoms with Crippen molar-refractivity contribution in [1.82, 2.24) is 4.90 Å². The van der Waals surface area contributed by atoms with E-state index in [1.807, 2.05) is 0 Å². The molecule has 8 heteroatoms. The molecule has 0 saturated heterocycles. The standard InChI is InChI=1S/C10H9F3N2O3/c1-14(9(16)10(11,12)13)6-7-4-2-3-5-8(7)15(17)18/h2-5H,6H2,1H3. The molecule has 1 rings (SSSR count).